The number of hydrogen-bond acceptors (Lipinski definition) is 4. The Labute approximate surface area is 168 Å². The predicted molar refractivity (Wildman–Crippen MR) is 113 cm³/mol. The lowest BCUT2D eigenvalue weighted by Gasteiger charge is -2.39. The van der Waals surface area contributed by atoms with Gasteiger partial charge in [-0.25, -0.2) is 0 Å². The van der Waals surface area contributed by atoms with E-state index in [-0.39, 0.29) is 0 Å². The quantitative estimate of drug-likeness (QED) is 0.466. The van der Waals surface area contributed by atoms with E-state index < -0.39 is 0 Å². The molecule has 1 aliphatic heterocycles. The molecule has 1 aromatic carbocycles. The molecule has 0 bridgehead atoms. The van der Waals surface area contributed by atoms with Crippen molar-refractivity contribution < 1.29 is 4.52 Å². The molecule has 0 spiro atoms. The van der Waals surface area contributed by atoms with Gasteiger partial charge in [0.2, 0.25) is 5.89 Å². The van der Waals surface area contributed by atoms with Crippen LogP contribution in [0.5, 0.6) is 0 Å². The van der Waals surface area contributed by atoms with Crippen LogP contribution in [-0.4, -0.2) is 47.7 Å². The van der Waals surface area contributed by atoms with Gasteiger partial charge in [-0.05, 0) is 30.2 Å². The van der Waals surface area contributed by atoms with E-state index in [2.05, 4.69) is 76.5 Å². The number of nitrogens with zero attached hydrogens (tertiary/aromatic N) is 4. The number of aromatic nitrogens is 2. The minimum Gasteiger partial charge on any atom is -0.356 e. The normalized spacial score (nSPS) is 20.6. The zero-order valence-electron chi connectivity index (χ0n) is 17.6. The summed E-state index contributed by atoms with van der Waals surface area (Å²) in [4.78, 5) is 11.3. The van der Waals surface area contributed by atoms with E-state index in [4.69, 9.17) is 4.52 Å². The Balaban J connectivity index is 1.45. The topological polar surface area (TPSA) is 66.5 Å². The standard InChI is InChI=1S/C22H33N5O/c1-16(2)21-25-20(28-26-21)11-8-13-24-22(23-4)27-14-12-19(17(3)15-27)18-9-6-5-7-10-18/h5-7,9-10,16-17,19H,8,11-15H2,1-4H3,(H,23,24). The van der Waals surface area contributed by atoms with E-state index in [1.54, 1.807) is 0 Å². The number of guanidine groups is 1. The van der Waals surface area contributed by atoms with Crippen molar-refractivity contribution in [2.45, 2.75) is 51.9 Å². The minimum absolute atomic E-state index is 0.301. The number of likely N-dealkylation sites (tertiary alicyclic amines) is 1. The smallest absolute Gasteiger partial charge is 0.226 e. The molecule has 1 aromatic heterocycles. The largest absolute Gasteiger partial charge is 0.356 e. The molecule has 28 heavy (non-hydrogen) atoms. The van der Waals surface area contributed by atoms with E-state index in [9.17, 15) is 0 Å². The summed E-state index contributed by atoms with van der Waals surface area (Å²) in [5.41, 5.74) is 1.46. The molecule has 0 radical (unpaired) electrons. The van der Waals surface area contributed by atoms with Gasteiger partial charge in [-0.2, -0.15) is 4.98 Å². The first kappa shape index (κ1) is 20.4. The average Bonchev–Trinajstić information content (AvgIpc) is 3.18. The van der Waals surface area contributed by atoms with Crippen LogP contribution in [0.3, 0.4) is 0 Å². The molecule has 3 rings (SSSR count). The maximum Gasteiger partial charge on any atom is 0.226 e. The van der Waals surface area contributed by atoms with E-state index in [1.807, 2.05) is 7.05 Å². The number of piperidine rings is 1. The molecule has 2 aromatic rings. The van der Waals surface area contributed by atoms with Crippen LogP contribution in [0.4, 0.5) is 0 Å². The van der Waals surface area contributed by atoms with Gasteiger partial charge in [-0.3, -0.25) is 4.99 Å². The number of rotatable bonds is 6. The highest BCUT2D eigenvalue weighted by Gasteiger charge is 2.28. The van der Waals surface area contributed by atoms with Crippen LogP contribution in [0.15, 0.2) is 39.8 Å². The molecule has 2 heterocycles. The highest BCUT2D eigenvalue weighted by atomic mass is 16.5. The van der Waals surface area contributed by atoms with Gasteiger partial charge in [-0.15, -0.1) is 0 Å². The molecule has 0 amide bonds. The Bertz CT molecular complexity index is 755. The van der Waals surface area contributed by atoms with Crippen molar-refractivity contribution in [2.24, 2.45) is 10.9 Å². The molecule has 1 aliphatic rings. The average molecular weight is 384 g/mol. The third-order valence-corrected chi connectivity index (χ3v) is 5.50. The molecule has 1 fully saturated rings. The van der Waals surface area contributed by atoms with Crippen molar-refractivity contribution in [3.05, 3.63) is 47.6 Å². The molecule has 6 heteroatoms. The first-order chi connectivity index (χ1) is 13.6. The van der Waals surface area contributed by atoms with Gasteiger partial charge < -0.3 is 14.7 Å². The number of hydrogen-bond donors (Lipinski definition) is 1. The summed E-state index contributed by atoms with van der Waals surface area (Å²) in [5.74, 6) is 4.03. The fourth-order valence-electron chi connectivity index (χ4n) is 3.91. The van der Waals surface area contributed by atoms with Gasteiger partial charge in [0.05, 0.1) is 0 Å². The third-order valence-electron chi connectivity index (χ3n) is 5.50. The van der Waals surface area contributed by atoms with Crippen LogP contribution < -0.4 is 5.32 Å². The molecule has 1 N–H and O–H groups in total. The van der Waals surface area contributed by atoms with Gasteiger partial charge in [-0.1, -0.05) is 56.3 Å². The van der Waals surface area contributed by atoms with Crippen LogP contribution >= 0.6 is 0 Å². The molecule has 0 aliphatic carbocycles. The van der Waals surface area contributed by atoms with Crippen LogP contribution in [0.2, 0.25) is 0 Å². The molecule has 152 valence electrons. The summed E-state index contributed by atoms with van der Waals surface area (Å²) in [6.07, 6.45) is 2.89. The first-order valence-corrected chi connectivity index (χ1v) is 10.4. The Kier molecular flexibility index (Phi) is 7.06. The van der Waals surface area contributed by atoms with Crippen LogP contribution in [0, 0.1) is 5.92 Å². The van der Waals surface area contributed by atoms with E-state index in [0.717, 1.165) is 56.6 Å². The first-order valence-electron chi connectivity index (χ1n) is 10.4. The Morgan fingerprint density at radius 1 is 1.32 bits per heavy atom. The summed E-state index contributed by atoms with van der Waals surface area (Å²) >= 11 is 0. The summed E-state index contributed by atoms with van der Waals surface area (Å²) in [6.45, 7) is 9.40. The number of aliphatic imine (C=N–C) groups is 1. The fourth-order valence-corrected chi connectivity index (χ4v) is 3.91. The van der Waals surface area contributed by atoms with Gasteiger partial charge in [0.25, 0.3) is 0 Å². The third kappa shape index (κ3) is 5.12. The van der Waals surface area contributed by atoms with Crippen molar-refractivity contribution in [3.63, 3.8) is 0 Å². The van der Waals surface area contributed by atoms with Crippen LogP contribution in [0.25, 0.3) is 0 Å². The van der Waals surface area contributed by atoms with Crippen molar-refractivity contribution in [2.75, 3.05) is 26.7 Å². The van der Waals surface area contributed by atoms with Crippen LogP contribution in [0.1, 0.15) is 62.7 Å². The second kappa shape index (κ2) is 9.71. The van der Waals surface area contributed by atoms with Crippen LogP contribution in [-0.2, 0) is 6.42 Å². The molecule has 2 unspecified atom stereocenters. The lowest BCUT2D eigenvalue weighted by atomic mass is 9.82. The fraction of sp³-hybridized carbons (Fsp3) is 0.591. The molecular weight excluding hydrogens is 350 g/mol. The maximum absolute atomic E-state index is 5.31. The zero-order valence-corrected chi connectivity index (χ0v) is 17.6. The highest BCUT2D eigenvalue weighted by Crippen LogP contribution is 2.32. The molecule has 6 nitrogen and oxygen atoms in total. The second-order valence-electron chi connectivity index (χ2n) is 8.01. The predicted octanol–water partition coefficient (Wildman–Crippen LogP) is 3.83. The monoisotopic (exact) mass is 383 g/mol. The summed E-state index contributed by atoms with van der Waals surface area (Å²) in [7, 11) is 1.86. The maximum atomic E-state index is 5.31. The van der Waals surface area contributed by atoms with Crippen molar-refractivity contribution in [3.8, 4) is 0 Å². The highest BCUT2D eigenvalue weighted by molar-refractivity contribution is 5.80. The number of aryl methyl sites for hydroxylation is 1. The number of benzene rings is 1. The van der Waals surface area contributed by atoms with Gasteiger partial charge in [0.1, 0.15) is 0 Å². The summed E-state index contributed by atoms with van der Waals surface area (Å²) in [6, 6.07) is 10.9. The van der Waals surface area contributed by atoms with E-state index in [1.165, 1.54) is 5.56 Å². The van der Waals surface area contributed by atoms with Crippen molar-refractivity contribution in [1.82, 2.24) is 20.4 Å². The second-order valence-corrected chi connectivity index (χ2v) is 8.01. The van der Waals surface area contributed by atoms with Gasteiger partial charge >= 0.3 is 0 Å². The minimum atomic E-state index is 0.301. The molecular formula is C22H33N5O. The summed E-state index contributed by atoms with van der Waals surface area (Å²) < 4.78 is 5.31. The Morgan fingerprint density at radius 3 is 2.75 bits per heavy atom. The van der Waals surface area contributed by atoms with Crippen molar-refractivity contribution in [1.29, 1.82) is 0 Å². The SMILES string of the molecule is CN=C(NCCCc1nc(C(C)C)no1)N1CCC(c2ccccc2)C(C)C1. The van der Waals surface area contributed by atoms with E-state index in [0.29, 0.717) is 17.8 Å². The lowest BCUT2D eigenvalue weighted by Crippen LogP contribution is -2.48. The van der Waals surface area contributed by atoms with Gasteiger partial charge in [0, 0.05) is 39.0 Å². The lowest BCUT2D eigenvalue weighted by molar-refractivity contribution is 0.234. The Hall–Kier alpha value is -2.37. The van der Waals surface area contributed by atoms with E-state index >= 15 is 0 Å². The summed E-state index contributed by atoms with van der Waals surface area (Å²) in [5, 5.41) is 7.52. The molecule has 0 saturated carbocycles. The Morgan fingerprint density at radius 2 is 2.11 bits per heavy atom. The zero-order chi connectivity index (χ0) is 19.9. The van der Waals surface area contributed by atoms with Crippen molar-refractivity contribution >= 4 is 5.96 Å². The molecule has 1 saturated heterocycles. The number of nitrogens with one attached hydrogen (secondary N) is 1. The molecule has 2 atom stereocenters. The van der Waals surface area contributed by atoms with Gasteiger partial charge in [0.15, 0.2) is 11.8 Å².